The Morgan fingerprint density at radius 1 is 0.966 bits per heavy atom. The summed E-state index contributed by atoms with van der Waals surface area (Å²) in [4.78, 5) is 18.7. The largest absolute Gasteiger partial charge is 0.322 e. The molecule has 2 aromatic carbocycles. The number of para-hydroxylation sites is 1. The van der Waals surface area contributed by atoms with Crippen molar-refractivity contribution in [3.8, 4) is 11.1 Å². The lowest BCUT2D eigenvalue weighted by atomic mass is 9.72. The first-order chi connectivity index (χ1) is 14.2. The summed E-state index contributed by atoms with van der Waals surface area (Å²) in [5, 5.41) is 6.10. The van der Waals surface area contributed by atoms with Crippen LogP contribution >= 0.6 is 0 Å². The molecule has 0 aliphatic carbocycles. The van der Waals surface area contributed by atoms with E-state index in [4.69, 9.17) is 0 Å². The third kappa shape index (κ3) is 3.15. The molecule has 146 valence electrons. The van der Waals surface area contributed by atoms with Crippen molar-refractivity contribution >= 4 is 11.7 Å². The topological polar surface area (TPSA) is 57.3 Å². The first-order valence-electron chi connectivity index (χ1n) is 9.77. The fraction of sp³-hybridized carbons (Fsp3) is 0.217. The van der Waals surface area contributed by atoms with Gasteiger partial charge in [0.15, 0.2) is 0 Å². The Labute approximate surface area is 168 Å². The minimum absolute atomic E-state index is 0.0623. The van der Waals surface area contributed by atoms with Crippen LogP contribution in [0.15, 0.2) is 73.1 Å². The molecule has 1 aromatic heterocycles. The molecule has 3 heterocycles. The Morgan fingerprint density at radius 2 is 1.62 bits per heavy atom. The van der Waals surface area contributed by atoms with E-state index >= 15 is 0 Å². The van der Waals surface area contributed by atoms with Crippen molar-refractivity contribution in [1.82, 2.24) is 15.2 Å². The third-order valence-electron chi connectivity index (χ3n) is 5.91. The second-order valence-corrected chi connectivity index (χ2v) is 7.49. The SMILES string of the molecule is O=C(Nc1ccccc1F)N1[C@@H]2CNC[C@H]1C2c1ccc(-c2ccncc2)cc1. The Kier molecular flexibility index (Phi) is 4.48. The highest BCUT2D eigenvalue weighted by Gasteiger charge is 2.53. The molecule has 0 radical (unpaired) electrons. The number of hydrogen-bond acceptors (Lipinski definition) is 3. The van der Waals surface area contributed by atoms with Crippen molar-refractivity contribution in [3.05, 3.63) is 84.4 Å². The van der Waals surface area contributed by atoms with Gasteiger partial charge in [0.25, 0.3) is 0 Å². The summed E-state index contributed by atoms with van der Waals surface area (Å²) in [6.45, 7) is 1.47. The summed E-state index contributed by atoms with van der Waals surface area (Å²) >= 11 is 0. The molecule has 2 aliphatic rings. The number of hydrogen-bond donors (Lipinski definition) is 2. The molecule has 6 heteroatoms. The predicted octanol–water partition coefficient (Wildman–Crippen LogP) is 3.86. The highest BCUT2D eigenvalue weighted by atomic mass is 19.1. The number of aromatic nitrogens is 1. The molecule has 0 spiro atoms. The first-order valence-corrected chi connectivity index (χ1v) is 9.77. The molecule has 0 saturated carbocycles. The van der Waals surface area contributed by atoms with Gasteiger partial charge in [-0.2, -0.15) is 0 Å². The number of benzene rings is 2. The van der Waals surface area contributed by atoms with Crippen LogP contribution in [0.2, 0.25) is 0 Å². The molecular formula is C23H21FN4O. The van der Waals surface area contributed by atoms with E-state index in [1.165, 1.54) is 11.6 Å². The summed E-state index contributed by atoms with van der Waals surface area (Å²) in [7, 11) is 0. The van der Waals surface area contributed by atoms with Crippen LogP contribution in [0.1, 0.15) is 11.5 Å². The molecule has 2 fully saturated rings. The van der Waals surface area contributed by atoms with E-state index in [1.807, 2.05) is 17.0 Å². The number of amides is 2. The van der Waals surface area contributed by atoms with Crippen LogP contribution in [0, 0.1) is 5.82 Å². The number of urea groups is 1. The minimum Gasteiger partial charge on any atom is -0.315 e. The molecule has 1 unspecified atom stereocenters. The van der Waals surface area contributed by atoms with Gasteiger partial charge in [-0.15, -0.1) is 0 Å². The van der Waals surface area contributed by atoms with Gasteiger partial charge in [0.2, 0.25) is 0 Å². The fourth-order valence-electron chi connectivity index (χ4n) is 4.51. The second kappa shape index (κ2) is 7.29. The Bertz CT molecular complexity index is 1010. The van der Waals surface area contributed by atoms with E-state index in [0.29, 0.717) is 0 Å². The Hall–Kier alpha value is -3.25. The number of carbonyl (C=O) groups is 1. The molecular weight excluding hydrogens is 367 g/mol. The highest BCUT2D eigenvalue weighted by molar-refractivity contribution is 5.91. The van der Waals surface area contributed by atoms with Gasteiger partial charge in [-0.1, -0.05) is 36.4 Å². The Balaban J connectivity index is 1.33. The average molecular weight is 388 g/mol. The average Bonchev–Trinajstić information content (AvgIpc) is 2.77. The predicted molar refractivity (Wildman–Crippen MR) is 110 cm³/mol. The molecule has 3 atom stereocenters. The van der Waals surface area contributed by atoms with Crippen molar-refractivity contribution in [2.45, 2.75) is 18.0 Å². The van der Waals surface area contributed by atoms with Crippen LogP contribution in [-0.4, -0.2) is 41.1 Å². The summed E-state index contributed by atoms with van der Waals surface area (Å²) in [5.41, 5.74) is 3.73. The van der Waals surface area contributed by atoms with Crippen molar-refractivity contribution in [2.24, 2.45) is 0 Å². The van der Waals surface area contributed by atoms with Gasteiger partial charge in [0, 0.05) is 31.4 Å². The summed E-state index contributed by atoms with van der Waals surface area (Å²) < 4.78 is 13.9. The number of piperidine rings is 1. The number of carbonyl (C=O) groups excluding carboxylic acids is 1. The molecule has 3 aromatic rings. The number of rotatable bonds is 3. The van der Waals surface area contributed by atoms with E-state index in [-0.39, 0.29) is 29.7 Å². The summed E-state index contributed by atoms with van der Waals surface area (Å²) in [5.74, 6) is -0.137. The molecule has 5 rings (SSSR count). The zero-order valence-corrected chi connectivity index (χ0v) is 15.8. The molecule has 5 nitrogen and oxygen atoms in total. The van der Waals surface area contributed by atoms with E-state index in [9.17, 15) is 9.18 Å². The van der Waals surface area contributed by atoms with Gasteiger partial charge in [-0.3, -0.25) is 4.98 Å². The van der Waals surface area contributed by atoms with Crippen LogP contribution < -0.4 is 10.6 Å². The number of fused-ring (bicyclic) bond motifs is 2. The number of piperazine rings is 1. The first kappa shape index (κ1) is 17.8. The van der Waals surface area contributed by atoms with Crippen LogP contribution in [0.4, 0.5) is 14.9 Å². The van der Waals surface area contributed by atoms with Crippen molar-refractivity contribution in [3.63, 3.8) is 0 Å². The van der Waals surface area contributed by atoms with Gasteiger partial charge in [0.05, 0.1) is 17.8 Å². The van der Waals surface area contributed by atoms with Gasteiger partial charge >= 0.3 is 6.03 Å². The molecule has 2 saturated heterocycles. The molecule has 29 heavy (non-hydrogen) atoms. The fourth-order valence-corrected chi connectivity index (χ4v) is 4.51. The maximum absolute atomic E-state index is 13.9. The molecule has 2 bridgehead atoms. The molecule has 2 aliphatic heterocycles. The standard InChI is InChI=1S/C23H21FN4O/c24-18-3-1-2-4-19(18)27-23(29)28-20-13-26-14-21(28)22(20)17-7-5-15(6-8-17)16-9-11-25-12-10-16/h1-12,20-22,26H,13-14H2,(H,27,29)/t20-,21+,22?. The van der Waals surface area contributed by atoms with Crippen LogP contribution in [-0.2, 0) is 0 Å². The maximum Gasteiger partial charge on any atom is 0.322 e. The van der Waals surface area contributed by atoms with E-state index in [1.54, 1.807) is 30.6 Å². The lowest BCUT2D eigenvalue weighted by molar-refractivity contribution is 0.00199. The quantitative estimate of drug-likeness (QED) is 0.716. The third-order valence-corrected chi connectivity index (χ3v) is 5.91. The van der Waals surface area contributed by atoms with Crippen LogP contribution in [0.3, 0.4) is 0 Å². The monoisotopic (exact) mass is 388 g/mol. The normalized spacial score (nSPS) is 22.7. The smallest absolute Gasteiger partial charge is 0.315 e. The molecule has 2 N–H and O–H groups in total. The van der Waals surface area contributed by atoms with E-state index in [2.05, 4.69) is 39.9 Å². The zero-order chi connectivity index (χ0) is 19.8. The van der Waals surface area contributed by atoms with Crippen molar-refractivity contribution in [2.75, 3.05) is 18.4 Å². The van der Waals surface area contributed by atoms with Gasteiger partial charge in [-0.25, -0.2) is 9.18 Å². The van der Waals surface area contributed by atoms with Crippen LogP contribution in [0.5, 0.6) is 0 Å². The summed E-state index contributed by atoms with van der Waals surface area (Å²) in [6, 6.07) is 18.7. The minimum atomic E-state index is -0.423. The van der Waals surface area contributed by atoms with E-state index in [0.717, 1.165) is 24.2 Å². The lowest BCUT2D eigenvalue weighted by Crippen LogP contribution is -2.74. The number of halogens is 1. The Morgan fingerprint density at radius 3 is 2.31 bits per heavy atom. The zero-order valence-electron chi connectivity index (χ0n) is 15.8. The van der Waals surface area contributed by atoms with Crippen molar-refractivity contribution in [1.29, 1.82) is 0 Å². The van der Waals surface area contributed by atoms with Gasteiger partial charge < -0.3 is 15.5 Å². The number of nitrogens with zero attached hydrogens (tertiary/aromatic N) is 2. The maximum atomic E-state index is 13.9. The van der Waals surface area contributed by atoms with Crippen molar-refractivity contribution < 1.29 is 9.18 Å². The van der Waals surface area contributed by atoms with E-state index < -0.39 is 5.82 Å². The number of pyridine rings is 1. The second-order valence-electron chi connectivity index (χ2n) is 7.49. The van der Waals surface area contributed by atoms with Gasteiger partial charge in [0.1, 0.15) is 5.82 Å². The lowest BCUT2D eigenvalue weighted by Gasteiger charge is -2.59. The summed E-state index contributed by atoms with van der Waals surface area (Å²) in [6.07, 6.45) is 3.58. The van der Waals surface area contributed by atoms with Crippen LogP contribution in [0.25, 0.3) is 11.1 Å². The number of anilines is 1. The number of nitrogens with one attached hydrogen (secondary N) is 2. The molecule has 2 amide bonds. The van der Waals surface area contributed by atoms with Gasteiger partial charge in [-0.05, 0) is 41.0 Å². The highest BCUT2D eigenvalue weighted by Crippen LogP contribution is 2.43.